The summed E-state index contributed by atoms with van der Waals surface area (Å²) in [6.45, 7) is 3.20. The standard InChI is InChI=1S/C12H13N3O4S/c1-7-5-9(3-4-10(7)12(16)17)15-20(18,19)11-6-13-14-8(11)2/h3-6,15H,1-2H3,(H,13,14)(H,16,17). The third-order valence-electron chi connectivity index (χ3n) is 2.78. The van der Waals surface area contributed by atoms with Gasteiger partial charge in [-0.05, 0) is 37.6 Å². The van der Waals surface area contributed by atoms with Crippen molar-refractivity contribution >= 4 is 21.7 Å². The summed E-state index contributed by atoms with van der Waals surface area (Å²) in [5.74, 6) is -1.05. The highest BCUT2D eigenvalue weighted by Crippen LogP contribution is 2.20. The normalized spacial score (nSPS) is 11.3. The van der Waals surface area contributed by atoms with Gasteiger partial charge in [-0.15, -0.1) is 0 Å². The van der Waals surface area contributed by atoms with Crippen LogP contribution in [0.4, 0.5) is 5.69 Å². The van der Waals surface area contributed by atoms with E-state index >= 15 is 0 Å². The van der Waals surface area contributed by atoms with Gasteiger partial charge in [-0.25, -0.2) is 13.2 Å². The molecule has 106 valence electrons. The maximum Gasteiger partial charge on any atom is 0.335 e. The van der Waals surface area contributed by atoms with Gasteiger partial charge >= 0.3 is 5.97 Å². The van der Waals surface area contributed by atoms with E-state index < -0.39 is 16.0 Å². The average Bonchev–Trinajstić information content (AvgIpc) is 2.75. The van der Waals surface area contributed by atoms with Gasteiger partial charge in [-0.3, -0.25) is 9.82 Å². The lowest BCUT2D eigenvalue weighted by atomic mass is 10.1. The topological polar surface area (TPSA) is 112 Å². The third-order valence-corrected chi connectivity index (χ3v) is 4.28. The number of anilines is 1. The molecular weight excluding hydrogens is 282 g/mol. The van der Waals surface area contributed by atoms with Crippen molar-refractivity contribution < 1.29 is 18.3 Å². The number of benzene rings is 1. The van der Waals surface area contributed by atoms with E-state index in [0.29, 0.717) is 16.9 Å². The number of hydrogen-bond acceptors (Lipinski definition) is 4. The summed E-state index contributed by atoms with van der Waals surface area (Å²) < 4.78 is 26.6. The minimum atomic E-state index is -3.74. The van der Waals surface area contributed by atoms with Crippen LogP contribution in [0, 0.1) is 13.8 Å². The molecule has 0 saturated heterocycles. The summed E-state index contributed by atoms with van der Waals surface area (Å²) >= 11 is 0. The molecule has 0 unspecified atom stereocenters. The van der Waals surface area contributed by atoms with Gasteiger partial charge in [0, 0.05) is 5.69 Å². The molecule has 1 aromatic carbocycles. The number of hydrogen-bond donors (Lipinski definition) is 3. The van der Waals surface area contributed by atoms with Gasteiger partial charge in [0.2, 0.25) is 0 Å². The number of aromatic amines is 1. The molecule has 20 heavy (non-hydrogen) atoms. The molecule has 0 bridgehead atoms. The van der Waals surface area contributed by atoms with Crippen LogP contribution in [0.3, 0.4) is 0 Å². The van der Waals surface area contributed by atoms with E-state index in [2.05, 4.69) is 14.9 Å². The highest BCUT2D eigenvalue weighted by atomic mass is 32.2. The van der Waals surface area contributed by atoms with E-state index in [1.807, 2.05) is 0 Å². The molecule has 0 aliphatic heterocycles. The fraction of sp³-hybridized carbons (Fsp3) is 0.167. The van der Waals surface area contributed by atoms with Crippen molar-refractivity contribution in [1.82, 2.24) is 10.2 Å². The number of rotatable bonds is 4. The Morgan fingerprint density at radius 2 is 2.05 bits per heavy atom. The van der Waals surface area contributed by atoms with Gasteiger partial charge in [0.1, 0.15) is 4.90 Å². The van der Waals surface area contributed by atoms with Crippen molar-refractivity contribution in [3.05, 3.63) is 41.2 Å². The molecule has 1 heterocycles. The number of nitrogens with zero attached hydrogens (tertiary/aromatic N) is 1. The zero-order valence-electron chi connectivity index (χ0n) is 10.8. The van der Waals surface area contributed by atoms with E-state index in [1.54, 1.807) is 13.8 Å². The first-order valence-corrected chi connectivity index (χ1v) is 7.16. The lowest BCUT2D eigenvalue weighted by Gasteiger charge is -2.09. The highest BCUT2D eigenvalue weighted by Gasteiger charge is 2.19. The number of aromatic nitrogens is 2. The molecule has 7 nitrogen and oxygen atoms in total. The van der Waals surface area contributed by atoms with Gasteiger partial charge in [0.05, 0.1) is 17.5 Å². The lowest BCUT2D eigenvalue weighted by molar-refractivity contribution is 0.0696. The Labute approximate surface area is 115 Å². The highest BCUT2D eigenvalue weighted by molar-refractivity contribution is 7.92. The first-order valence-electron chi connectivity index (χ1n) is 5.68. The molecule has 0 amide bonds. The van der Waals surface area contributed by atoms with Gasteiger partial charge in [-0.1, -0.05) is 0 Å². The van der Waals surface area contributed by atoms with Crippen molar-refractivity contribution in [2.24, 2.45) is 0 Å². The Kier molecular flexibility index (Phi) is 3.49. The van der Waals surface area contributed by atoms with Crippen LogP contribution in [-0.4, -0.2) is 29.7 Å². The van der Waals surface area contributed by atoms with Crippen LogP contribution in [0.25, 0.3) is 0 Å². The zero-order chi connectivity index (χ0) is 14.9. The number of aromatic carboxylic acids is 1. The van der Waals surface area contributed by atoms with Crippen molar-refractivity contribution in [3.63, 3.8) is 0 Å². The summed E-state index contributed by atoms with van der Waals surface area (Å²) in [5.41, 5.74) is 1.33. The second kappa shape index (κ2) is 4.97. The van der Waals surface area contributed by atoms with E-state index in [4.69, 9.17) is 5.11 Å². The van der Waals surface area contributed by atoms with Gasteiger partial charge < -0.3 is 5.11 Å². The number of H-pyrrole nitrogens is 1. The van der Waals surface area contributed by atoms with Crippen LogP contribution in [0.15, 0.2) is 29.3 Å². The average molecular weight is 295 g/mol. The van der Waals surface area contributed by atoms with E-state index in [1.165, 1.54) is 24.4 Å². The fourth-order valence-corrected chi connectivity index (χ4v) is 2.98. The fourth-order valence-electron chi connectivity index (χ4n) is 1.79. The minimum Gasteiger partial charge on any atom is -0.478 e. The van der Waals surface area contributed by atoms with Crippen molar-refractivity contribution in [1.29, 1.82) is 0 Å². The zero-order valence-corrected chi connectivity index (χ0v) is 11.7. The first kappa shape index (κ1) is 14.1. The predicted octanol–water partition coefficient (Wildman–Crippen LogP) is 1.53. The smallest absolute Gasteiger partial charge is 0.335 e. The van der Waals surface area contributed by atoms with Crippen LogP contribution in [0.5, 0.6) is 0 Å². The molecule has 0 fully saturated rings. The summed E-state index contributed by atoms with van der Waals surface area (Å²) in [6.07, 6.45) is 1.22. The monoisotopic (exact) mass is 295 g/mol. The van der Waals surface area contributed by atoms with Crippen molar-refractivity contribution in [3.8, 4) is 0 Å². The summed E-state index contributed by atoms with van der Waals surface area (Å²) in [4.78, 5) is 11.0. The molecule has 0 spiro atoms. The predicted molar refractivity (Wildman–Crippen MR) is 72.3 cm³/mol. The second-order valence-electron chi connectivity index (χ2n) is 4.30. The number of sulfonamides is 1. The SMILES string of the molecule is Cc1cc(NS(=O)(=O)c2cn[nH]c2C)ccc1C(=O)O. The molecule has 0 aliphatic rings. The Morgan fingerprint density at radius 3 is 2.55 bits per heavy atom. The molecule has 0 radical (unpaired) electrons. The number of carboxylic acids is 1. The largest absolute Gasteiger partial charge is 0.478 e. The molecule has 1 aromatic heterocycles. The van der Waals surface area contributed by atoms with E-state index in [0.717, 1.165) is 0 Å². The minimum absolute atomic E-state index is 0.0532. The molecule has 8 heteroatoms. The number of carbonyl (C=O) groups is 1. The third kappa shape index (κ3) is 2.64. The number of nitrogens with one attached hydrogen (secondary N) is 2. The quantitative estimate of drug-likeness (QED) is 0.791. The van der Waals surface area contributed by atoms with Crippen molar-refractivity contribution in [2.45, 2.75) is 18.7 Å². The molecule has 0 aliphatic carbocycles. The molecule has 2 aromatic rings. The number of carboxylic acid groups (broad SMARTS) is 1. The molecular formula is C12H13N3O4S. The van der Waals surface area contributed by atoms with Crippen molar-refractivity contribution in [2.75, 3.05) is 4.72 Å². The van der Waals surface area contributed by atoms with Gasteiger partial charge in [-0.2, -0.15) is 5.10 Å². The molecule has 2 rings (SSSR count). The Hall–Kier alpha value is -2.35. The Bertz CT molecular complexity index is 765. The van der Waals surface area contributed by atoms with E-state index in [-0.39, 0.29) is 10.5 Å². The van der Waals surface area contributed by atoms with Crippen LogP contribution in [0.2, 0.25) is 0 Å². The Balaban J connectivity index is 2.33. The molecule has 0 atom stereocenters. The maximum absolute atomic E-state index is 12.1. The second-order valence-corrected chi connectivity index (χ2v) is 5.95. The van der Waals surface area contributed by atoms with Crippen LogP contribution >= 0.6 is 0 Å². The summed E-state index contributed by atoms with van der Waals surface area (Å²) in [7, 11) is -3.74. The number of aryl methyl sites for hydroxylation is 2. The van der Waals surface area contributed by atoms with Gasteiger partial charge in [0.15, 0.2) is 0 Å². The van der Waals surface area contributed by atoms with Crippen LogP contribution < -0.4 is 4.72 Å². The summed E-state index contributed by atoms with van der Waals surface area (Å²) in [6, 6.07) is 4.23. The van der Waals surface area contributed by atoms with Crippen LogP contribution in [-0.2, 0) is 10.0 Å². The van der Waals surface area contributed by atoms with Crippen LogP contribution in [0.1, 0.15) is 21.6 Å². The summed E-state index contributed by atoms with van der Waals surface area (Å²) in [5, 5.41) is 15.1. The molecule has 3 N–H and O–H groups in total. The maximum atomic E-state index is 12.1. The van der Waals surface area contributed by atoms with E-state index in [9.17, 15) is 13.2 Å². The molecule has 0 saturated carbocycles. The first-order chi connectivity index (χ1) is 9.31. The van der Waals surface area contributed by atoms with Gasteiger partial charge in [0.25, 0.3) is 10.0 Å². The Morgan fingerprint density at radius 1 is 1.35 bits per heavy atom. The lowest BCUT2D eigenvalue weighted by Crippen LogP contribution is -2.14.